The van der Waals surface area contributed by atoms with Gasteiger partial charge in [-0.25, -0.2) is 19.2 Å². The monoisotopic (exact) mass is 557 g/mol. The minimum Gasteiger partial charge on any atom is -0.375 e. The Bertz CT molecular complexity index is 1170. The standard InChI is InChI=1S/C28H36FN5O6/c1-2-12-32-18-25(35)33-23(15-26(36)37)27(38)31(13-14-40-19-21-10-6-7-11-22(21)29)17-24(33)34(32)28(39)30-16-20-8-4-3-5-9-20/h3-11,23-24,26,36-37H,2,12-19H2,1H3,(H,30,39)/t23-,24-/m0/s1. The van der Waals surface area contributed by atoms with Gasteiger partial charge in [0, 0.05) is 31.6 Å². The van der Waals surface area contributed by atoms with Gasteiger partial charge in [-0.1, -0.05) is 55.5 Å². The molecule has 4 amide bonds. The van der Waals surface area contributed by atoms with Crippen LogP contribution in [0.5, 0.6) is 0 Å². The number of hydrogen-bond acceptors (Lipinski definition) is 7. The van der Waals surface area contributed by atoms with Crippen LogP contribution in [0.2, 0.25) is 0 Å². The number of aliphatic hydroxyl groups excluding tert-OH is 1. The second-order valence-corrected chi connectivity index (χ2v) is 9.82. The molecule has 2 aliphatic rings. The van der Waals surface area contributed by atoms with E-state index in [9.17, 15) is 29.0 Å². The van der Waals surface area contributed by atoms with Gasteiger partial charge in [0.1, 0.15) is 18.0 Å². The molecule has 40 heavy (non-hydrogen) atoms. The molecule has 2 aromatic rings. The first kappa shape index (κ1) is 29.4. The molecule has 2 fully saturated rings. The Kier molecular flexibility index (Phi) is 10.0. The summed E-state index contributed by atoms with van der Waals surface area (Å²) >= 11 is 0. The smallest absolute Gasteiger partial charge is 0.334 e. The molecule has 2 aliphatic heterocycles. The van der Waals surface area contributed by atoms with E-state index in [1.54, 1.807) is 23.2 Å². The molecule has 216 valence electrons. The molecule has 0 spiro atoms. The molecule has 12 heteroatoms. The zero-order chi connectivity index (χ0) is 28.6. The molecule has 3 N–H and O–H groups in total. The lowest BCUT2D eigenvalue weighted by atomic mass is 10.0. The maximum Gasteiger partial charge on any atom is 0.334 e. The van der Waals surface area contributed by atoms with Crippen molar-refractivity contribution in [2.75, 3.05) is 32.8 Å². The van der Waals surface area contributed by atoms with Crippen LogP contribution in [0.4, 0.5) is 9.18 Å². The highest BCUT2D eigenvalue weighted by molar-refractivity contribution is 5.91. The third-order valence-corrected chi connectivity index (χ3v) is 6.96. The van der Waals surface area contributed by atoms with Crippen LogP contribution >= 0.6 is 0 Å². The second kappa shape index (κ2) is 13.7. The summed E-state index contributed by atoms with van der Waals surface area (Å²) in [6, 6.07) is 14.0. The molecule has 0 aromatic heterocycles. The molecule has 2 heterocycles. The van der Waals surface area contributed by atoms with Gasteiger partial charge in [-0.2, -0.15) is 0 Å². The van der Waals surface area contributed by atoms with Gasteiger partial charge < -0.3 is 30.1 Å². The Balaban J connectivity index is 1.53. The van der Waals surface area contributed by atoms with Crippen molar-refractivity contribution in [3.05, 3.63) is 71.5 Å². The summed E-state index contributed by atoms with van der Waals surface area (Å²) in [5.41, 5.74) is 1.28. The summed E-state index contributed by atoms with van der Waals surface area (Å²) in [6.07, 6.45) is -2.43. The van der Waals surface area contributed by atoms with Crippen molar-refractivity contribution in [2.24, 2.45) is 0 Å². The molecule has 0 saturated carbocycles. The Morgan fingerprint density at radius 2 is 1.82 bits per heavy atom. The molecular formula is C28H36FN5O6. The van der Waals surface area contributed by atoms with E-state index in [4.69, 9.17) is 4.74 Å². The Labute approximate surface area is 232 Å². The van der Waals surface area contributed by atoms with Crippen molar-refractivity contribution < 1.29 is 33.7 Å². The first-order valence-electron chi connectivity index (χ1n) is 13.4. The van der Waals surface area contributed by atoms with Crippen LogP contribution in [0.1, 0.15) is 30.9 Å². The molecule has 2 atom stereocenters. The van der Waals surface area contributed by atoms with Crippen molar-refractivity contribution in [2.45, 2.75) is 51.4 Å². The minimum absolute atomic E-state index is 0.00459. The fraction of sp³-hybridized carbons (Fsp3) is 0.464. The van der Waals surface area contributed by atoms with Crippen molar-refractivity contribution in [3.63, 3.8) is 0 Å². The largest absolute Gasteiger partial charge is 0.375 e. The predicted molar refractivity (Wildman–Crippen MR) is 142 cm³/mol. The highest BCUT2D eigenvalue weighted by atomic mass is 19.1. The van der Waals surface area contributed by atoms with Gasteiger partial charge in [0.25, 0.3) is 0 Å². The van der Waals surface area contributed by atoms with Crippen molar-refractivity contribution in [1.82, 2.24) is 25.1 Å². The number of benzene rings is 2. The third kappa shape index (κ3) is 6.94. The molecule has 11 nitrogen and oxygen atoms in total. The molecule has 0 radical (unpaired) electrons. The number of halogens is 1. The van der Waals surface area contributed by atoms with E-state index in [0.29, 0.717) is 18.5 Å². The van der Waals surface area contributed by atoms with E-state index in [-0.39, 0.29) is 45.3 Å². The van der Waals surface area contributed by atoms with Gasteiger partial charge in [0.2, 0.25) is 11.8 Å². The lowest BCUT2D eigenvalue weighted by Gasteiger charge is -2.55. The van der Waals surface area contributed by atoms with Crippen molar-refractivity contribution in [1.29, 1.82) is 0 Å². The summed E-state index contributed by atoms with van der Waals surface area (Å²) in [7, 11) is 0. The van der Waals surface area contributed by atoms with Crippen LogP contribution in [0.25, 0.3) is 0 Å². The van der Waals surface area contributed by atoms with E-state index in [2.05, 4.69) is 5.32 Å². The van der Waals surface area contributed by atoms with Gasteiger partial charge >= 0.3 is 6.03 Å². The first-order chi connectivity index (χ1) is 19.3. The topological polar surface area (TPSA) is 126 Å². The number of amides is 4. The molecule has 0 bridgehead atoms. The zero-order valence-electron chi connectivity index (χ0n) is 22.5. The number of carbonyl (C=O) groups is 3. The van der Waals surface area contributed by atoms with Crippen LogP contribution in [-0.4, -0.2) is 99.2 Å². The Morgan fingerprint density at radius 1 is 1.10 bits per heavy atom. The quantitative estimate of drug-likeness (QED) is 0.281. The highest BCUT2D eigenvalue weighted by Gasteiger charge is 2.51. The fourth-order valence-corrected chi connectivity index (χ4v) is 5.10. The summed E-state index contributed by atoms with van der Waals surface area (Å²) < 4.78 is 19.6. The van der Waals surface area contributed by atoms with Crippen molar-refractivity contribution >= 4 is 17.8 Å². The van der Waals surface area contributed by atoms with E-state index >= 15 is 0 Å². The first-order valence-corrected chi connectivity index (χ1v) is 13.4. The summed E-state index contributed by atoms with van der Waals surface area (Å²) in [5.74, 6) is -1.24. The maximum atomic E-state index is 13.9. The Morgan fingerprint density at radius 3 is 2.52 bits per heavy atom. The lowest BCUT2D eigenvalue weighted by molar-refractivity contribution is -0.195. The minimum atomic E-state index is -1.84. The van der Waals surface area contributed by atoms with Gasteiger partial charge in [0.15, 0.2) is 6.29 Å². The van der Waals surface area contributed by atoms with Gasteiger partial charge in [-0.3, -0.25) is 9.59 Å². The maximum absolute atomic E-state index is 13.9. The van der Waals surface area contributed by atoms with Crippen LogP contribution in [0, 0.1) is 5.82 Å². The number of aliphatic hydroxyl groups is 2. The average molecular weight is 558 g/mol. The molecule has 4 rings (SSSR count). The molecule has 0 unspecified atom stereocenters. The van der Waals surface area contributed by atoms with Gasteiger partial charge in [0.05, 0.1) is 26.3 Å². The highest BCUT2D eigenvalue weighted by Crippen LogP contribution is 2.28. The van der Waals surface area contributed by atoms with E-state index < -0.39 is 42.7 Å². The number of fused-ring (bicyclic) bond motifs is 1. The van der Waals surface area contributed by atoms with Gasteiger partial charge in [-0.15, -0.1) is 0 Å². The number of ether oxygens (including phenoxy) is 1. The number of piperazine rings is 1. The zero-order valence-corrected chi connectivity index (χ0v) is 22.5. The number of hydrogen-bond donors (Lipinski definition) is 3. The van der Waals surface area contributed by atoms with Crippen molar-refractivity contribution in [3.8, 4) is 0 Å². The number of nitrogens with one attached hydrogen (secondary N) is 1. The molecule has 0 aliphatic carbocycles. The summed E-state index contributed by atoms with van der Waals surface area (Å²) in [6.45, 7) is 2.71. The normalized spacial score (nSPS) is 19.8. The molecule has 2 saturated heterocycles. The number of nitrogens with zero attached hydrogens (tertiary/aromatic N) is 4. The number of carbonyl (C=O) groups excluding carboxylic acids is 3. The molecular weight excluding hydrogens is 521 g/mol. The Hall–Kier alpha value is -3.58. The fourth-order valence-electron chi connectivity index (χ4n) is 5.10. The summed E-state index contributed by atoms with van der Waals surface area (Å²) in [5, 5.41) is 25.5. The number of hydrazine groups is 1. The molecule has 2 aromatic carbocycles. The van der Waals surface area contributed by atoms with Crippen LogP contribution < -0.4 is 5.32 Å². The van der Waals surface area contributed by atoms with Crippen LogP contribution in [0.15, 0.2) is 54.6 Å². The van der Waals surface area contributed by atoms with Gasteiger partial charge in [-0.05, 0) is 18.1 Å². The van der Waals surface area contributed by atoms with Crippen LogP contribution in [0.3, 0.4) is 0 Å². The summed E-state index contributed by atoms with van der Waals surface area (Å²) in [4.78, 5) is 43.0. The van der Waals surface area contributed by atoms with E-state index in [1.807, 2.05) is 37.3 Å². The average Bonchev–Trinajstić information content (AvgIpc) is 2.93. The number of urea groups is 1. The third-order valence-electron chi connectivity index (χ3n) is 6.96. The SMILES string of the molecule is CCCN1CC(=O)N2[C@@H](CC(O)O)C(=O)N(CCOCc3ccccc3F)C[C@@H]2N1C(=O)NCc1ccccc1. The van der Waals surface area contributed by atoms with E-state index in [1.165, 1.54) is 20.9 Å². The van der Waals surface area contributed by atoms with Crippen LogP contribution in [-0.2, 0) is 27.5 Å². The number of rotatable bonds is 11. The second-order valence-electron chi connectivity index (χ2n) is 9.82. The van der Waals surface area contributed by atoms with E-state index in [0.717, 1.165) is 5.56 Å². The predicted octanol–water partition coefficient (Wildman–Crippen LogP) is 1.26. The lowest BCUT2D eigenvalue weighted by Crippen LogP contribution is -2.76.